The average Bonchev–Trinajstić information content (AvgIpc) is 2.33. The van der Waals surface area contributed by atoms with Gasteiger partial charge in [-0.3, -0.25) is 0 Å². The minimum atomic E-state index is -0.231. The lowest BCUT2D eigenvalue weighted by Gasteiger charge is -2.23. The third-order valence-electron chi connectivity index (χ3n) is 3.00. The number of halogens is 1. The second-order valence-corrected chi connectivity index (χ2v) is 6.44. The number of hydrogen-bond acceptors (Lipinski definition) is 4. The first-order chi connectivity index (χ1) is 9.20. The van der Waals surface area contributed by atoms with Crippen LogP contribution in [-0.2, 0) is 6.54 Å². The fourth-order valence-electron chi connectivity index (χ4n) is 1.69. The van der Waals surface area contributed by atoms with Gasteiger partial charge < -0.3 is 15.1 Å². The van der Waals surface area contributed by atoms with Crippen molar-refractivity contribution in [1.82, 2.24) is 15.2 Å². The molecule has 1 heterocycles. The van der Waals surface area contributed by atoms with Gasteiger partial charge in [0.05, 0.1) is 0 Å². The van der Waals surface area contributed by atoms with E-state index in [9.17, 15) is 4.39 Å². The lowest BCUT2D eigenvalue weighted by Crippen LogP contribution is -2.35. The number of hydrogen-bond donors (Lipinski definition) is 1. The predicted octanol–water partition coefficient (Wildman–Crippen LogP) is 2.11. The molecule has 0 aliphatic heterocycles. The molecule has 0 bridgehead atoms. The minimum absolute atomic E-state index is 0.0350. The Morgan fingerprint density at radius 2 is 1.85 bits per heavy atom. The van der Waals surface area contributed by atoms with Gasteiger partial charge in [0.25, 0.3) is 0 Å². The van der Waals surface area contributed by atoms with Gasteiger partial charge in [0.1, 0.15) is 0 Å². The van der Waals surface area contributed by atoms with Gasteiger partial charge in [-0.05, 0) is 40.9 Å². The van der Waals surface area contributed by atoms with Crippen molar-refractivity contribution < 1.29 is 4.39 Å². The smallest absolute Gasteiger partial charge is 0.170 e. The van der Waals surface area contributed by atoms with Crippen LogP contribution in [0.5, 0.6) is 0 Å². The molecule has 0 radical (unpaired) electrons. The molecule has 0 aromatic carbocycles. The quantitative estimate of drug-likeness (QED) is 0.866. The maximum atomic E-state index is 14.5. The molecule has 1 aromatic heterocycles. The van der Waals surface area contributed by atoms with Crippen molar-refractivity contribution in [3.8, 4) is 0 Å². The SMILES string of the molecule is CN(C)CCN(C)c1nccc(CNC(C)(C)C)c1F. The number of aromatic nitrogens is 1. The van der Waals surface area contributed by atoms with E-state index in [1.807, 2.05) is 26.0 Å². The Kier molecular flexibility index (Phi) is 5.89. The molecule has 0 unspecified atom stereocenters. The lowest BCUT2D eigenvalue weighted by molar-refractivity contribution is 0.412. The van der Waals surface area contributed by atoms with E-state index in [1.165, 1.54) is 0 Å². The van der Waals surface area contributed by atoms with E-state index in [4.69, 9.17) is 0 Å². The summed E-state index contributed by atoms with van der Waals surface area (Å²) in [5, 5.41) is 3.30. The normalized spacial score (nSPS) is 12.0. The van der Waals surface area contributed by atoms with Gasteiger partial charge in [-0.25, -0.2) is 9.37 Å². The van der Waals surface area contributed by atoms with E-state index in [-0.39, 0.29) is 11.4 Å². The summed E-state index contributed by atoms with van der Waals surface area (Å²) in [6.45, 7) is 8.31. The molecule has 20 heavy (non-hydrogen) atoms. The fraction of sp³-hybridized carbons (Fsp3) is 0.667. The van der Waals surface area contributed by atoms with Crippen LogP contribution in [0.3, 0.4) is 0 Å². The lowest BCUT2D eigenvalue weighted by atomic mass is 10.1. The summed E-state index contributed by atoms with van der Waals surface area (Å²) in [6.07, 6.45) is 1.67. The fourth-order valence-corrected chi connectivity index (χ4v) is 1.69. The second kappa shape index (κ2) is 6.99. The molecule has 1 aromatic rings. The summed E-state index contributed by atoms with van der Waals surface area (Å²) < 4.78 is 14.5. The highest BCUT2D eigenvalue weighted by molar-refractivity contribution is 5.42. The van der Waals surface area contributed by atoms with Crippen LogP contribution in [0.1, 0.15) is 26.3 Å². The van der Waals surface area contributed by atoms with Crippen molar-refractivity contribution in [2.24, 2.45) is 0 Å². The van der Waals surface area contributed by atoms with Crippen LogP contribution < -0.4 is 10.2 Å². The van der Waals surface area contributed by atoms with Gasteiger partial charge in [0.15, 0.2) is 11.6 Å². The van der Waals surface area contributed by atoms with Crippen LogP contribution in [0.15, 0.2) is 12.3 Å². The monoisotopic (exact) mass is 282 g/mol. The van der Waals surface area contributed by atoms with Gasteiger partial charge in [0.2, 0.25) is 0 Å². The van der Waals surface area contributed by atoms with Crippen molar-refractivity contribution in [2.45, 2.75) is 32.9 Å². The summed E-state index contributed by atoms with van der Waals surface area (Å²) in [4.78, 5) is 8.09. The molecule has 4 nitrogen and oxygen atoms in total. The van der Waals surface area contributed by atoms with Crippen molar-refractivity contribution in [1.29, 1.82) is 0 Å². The molecule has 1 rings (SSSR count). The number of nitrogens with zero attached hydrogens (tertiary/aromatic N) is 3. The molecule has 0 atom stereocenters. The van der Waals surface area contributed by atoms with Crippen molar-refractivity contribution in [3.63, 3.8) is 0 Å². The molecule has 5 heteroatoms. The zero-order chi connectivity index (χ0) is 15.3. The average molecular weight is 282 g/mol. The van der Waals surface area contributed by atoms with E-state index in [0.29, 0.717) is 17.9 Å². The highest BCUT2D eigenvalue weighted by atomic mass is 19.1. The van der Waals surface area contributed by atoms with Crippen molar-refractivity contribution >= 4 is 5.82 Å². The van der Waals surface area contributed by atoms with Crippen LogP contribution in [0.2, 0.25) is 0 Å². The number of rotatable bonds is 6. The molecule has 0 spiro atoms. The number of nitrogens with one attached hydrogen (secondary N) is 1. The van der Waals surface area contributed by atoms with Crippen LogP contribution in [0.4, 0.5) is 10.2 Å². The number of pyridine rings is 1. The van der Waals surface area contributed by atoms with Gasteiger partial charge in [0, 0.05) is 44.0 Å². The maximum Gasteiger partial charge on any atom is 0.170 e. The zero-order valence-corrected chi connectivity index (χ0v) is 13.5. The molecular weight excluding hydrogens is 255 g/mol. The first-order valence-corrected chi connectivity index (χ1v) is 6.95. The molecule has 0 aliphatic rings. The highest BCUT2D eigenvalue weighted by Crippen LogP contribution is 2.18. The van der Waals surface area contributed by atoms with Crippen LogP contribution in [0, 0.1) is 5.82 Å². The van der Waals surface area contributed by atoms with Crippen molar-refractivity contribution in [3.05, 3.63) is 23.6 Å². The first kappa shape index (κ1) is 16.9. The summed E-state index contributed by atoms with van der Waals surface area (Å²) in [7, 11) is 5.87. The topological polar surface area (TPSA) is 31.4 Å². The third-order valence-corrected chi connectivity index (χ3v) is 3.00. The van der Waals surface area contributed by atoms with Gasteiger partial charge in [-0.1, -0.05) is 0 Å². The Morgan fingerprint density at radius 3 is 2.40 bits per heavy atom. The van der Waals surface area contributed by atoms with E-state index < -0.39 is 0 Å². The zero-order valence-electron chi connectivity index (χ0n) is 13.5. The number of anilines is 1. The summed E-state index contributed by atoms with van der Waals surface area (Å²) in [6, 6.07) is 1.73. The van der Waals surface area contributed by atoms with Gasteiger partial charge >= 0.3 is 0 Å². The molecule has 114 valence electrons. The van der Waals surface area contributed by atoms with Crippen molar-refractivity contribution in [2.75, 3.05) is 39.1 Å². The Bertz CT molecular complexity index is 426. The van der Waals surface area contributed by atoms with E-state index >= 15 is 0 Å². The Morgan fingerprint density at radius 1 is 1.20 bits per heavy atom. The minimum Gasteiger partial charge on any atom is -0.356 e. The summed E-state index contributed by atoms with van der Waals surface area (Å²) in [5.74, 6) is 0.186. The second-order valence-electron chi connectivity index (χ2n) is 6.44. The molecule has 0 saturated heterocycles. The molecule has 0 saturated carbocycles. The van der Waals surface area contributed by atoms with Crippen LogP contribution >= 0.6 is 0 Å². The van der Waals surface area contributed by atoms with E-state index in [2.05, 4.69) is 36.0 Å². The standard InChI is InChI=1S/C15H27FN4/c1-15(2,3)18-11-12-7-8-17-14(13(12)16)20(6)10-9-19(4)5/h7-8,18H,9-11H2,1-6H3. The maximum absolute atomic E-state index is 14.5. The Hall–Kier alpha value is -1.20. The number of likely N-dealkylation sites (N-methyl/N-ethyl adjacent to an activating group) is 2. The molecule has 1 N–H and O–H groups in total. The highest BCUT2D eigenvalue weighted by Gasteiger charge is 2.15. The molecular formula is C15H27FN4. The summed E-state index contributed by atoms with van der Waals surface area (Å²) in [5.41, 5.74) is 0.619. The van der Waals surface area contributed by atoms with Crippen LogP contribution in [0.25, 0.3) is 0 Å². The van der Waals surface area contributed by atoms with Crippen LogP contribution in [-0.4, -0.2) is 49.7 Å². The third kappa shape index (κ3) is 5.43. The Balaban J connectivity index is 2.78. The van der Waals surface area contributed by atoms with Gasteiger partial charge in [-0.15, -0.1) is 0 Å². The Labute approximate surface area is 122 Å². The predicted molar refractivity (Wildman–Crippen MR) is 82.6 cm³/mol. The van der Waals surface area contributed by atoms with E-state index in [0.717, 1.165) is 13.1 Å². The first-order valence-electron chi connectivity index (χ1n) is 6.95. The largest absolute Gasteiger partial charge is 0.356 e. The molecule has 0 fully saturated rings. The van der Waals surface area contributed by atoms with Gasteiger partial charge in [-0.2, -0.15) is 0 Å². The molecule has 0 amide bonds. The molecule has 0 aliphatic carbocycles. The van der Waals surface area contributed by atoms with E-state index in [1.54, 1.807) is 12.3 Å². The summed E-state index contributed by atoms with van der Waals surface area (Å²) >= 11 is 0.